The maximum atomic E-state index is 5.16. The average Bonchev–Trinajstić information content (AvgIpc) is 2.03. The van der Waals surface area contributed by atoms with E-state index in [-0.39, 0.29) is 0 Å². The first-order valence-electron chi connectivity index (χ1n) is 3.45. The molecule has 59 valence electrons. The Morgan fingerprint density at radius 3 is 2.73 bits per heavy atom. The van der Waals surface area contributed by atoms with Crippen LogP contribution in [0.25, 0.3) is 0 Å². The molecule has 1 nitrogen and oxygen atoms in total. The van der Waals surface area contributed by atoms with E-state index in [0.717, 1.165) is 10.0 Å². The largest absolute Gasteiger partial charge is 0.377 e. The molecule has 0 saturated carbocycles. The molecule has 0 amide bonds. The highest BCUT2D eigenvalue weighted by Crippen LogP contribution is 2.16. The van der Waals surface area contributed by atoms with Crippen LogP contribution >= 0.6 is 15.9 Å². The zero-order valence-electron chi connectivity index (χ0n) is 6.22. The van der Waals surface area contributed by atoms with Crippen molar-refractivity contribution < 1.29 is 4.74 Å². The number of halogens is 1. The molecule has 0 aliphatic rings. The quantitative estimate of drug-likeness (QED) is 0.751. The normalized spacial score (nSPS) is 10.0. The van der Waals surface area contributed by atoms with Crippen molar-refractivity contribution in [1.29, 1.82) is 0 Å². The van der Waals surface area contributed by atoms with Crippen molar-refractivity contribution in [3.05, 3.63) is 41.2 Å². The van der Waals surface area contributed by atoms with Crippen molar-refractivity contribution in [2.75, 3.05) is 6.61 Å². The third-order valence-corrected chi connectivity index (χ3v) is 2.13. The van der Waals surface area contributed by atoms with Gasteiger partial charge in [0.2, 0.25) is 0 Å². The maximum Gasteiger partial charge on any atom is 0.0727 e. The lowest BCUT2D eigenvalue weighted by molar-refractivity contribution is 0.147. The molecular weight excluding hydrogens is 204 g/mol. The van der Waals surface area contributed by atoms with Crippen LogP contribution in [0.2, 0.25) is 0 Å². The Balaban J connectivity index is 2.62. The summed E-state index contributed by atoms with van der Waals surface area (Å²) in [7, 11) is 0. The van der Waals surface area contributed by atoms with Crippen LogP contribution in [-0.2, 0) is 11.3 Å². The molecule has 0 N–H and O–H groups in total. The lowest BCUT2D eigenvalue weighted by Gasteiger charge is -2.02. The van der Waals surface area contributed by atoms with Gasteiger partial charge in [0, 0.05) is 11.1 Å². The predicted molar refractivity (Wildman–Crippen MR) is 49.2 cm³/mol. The van der Waals surface area contributed by atoms with Crippen molar-refractivity contribution >= 4 is 15.9 Å². The molecule has 0 unspecified atom stereocenters. The van der Waals surface area contributed by atoms with E-state index in [1.807, 2.05) is 24.3 Å². The zero-order chi connectivity index (χ0) is 8.10. The summed E-state index contributed by atoms with van der Waals surface area (Å²) >= 11 is 3.43. The highest BCUT2D eigenvalue weighted by atomic mass is 79.9. The molecule has 1 aromatic carbocycles. The van der Waals surface area contributed by atoms with Crippen molar-refractivity contribution in [3.63, 3.8) is 0 Å². The van der Waals surface area contributed by atoms with E-state index in [1.165, 1.54) is 0 Å². The monoisotopic (exact) mass is 213 g/mol. The summed E-state index contributed by atoms with van der Waals surface area (Å²) in [6.07, 6.45) is 0. The minimum absolute atomic E-state index is 0.515. The Labute approximate surface area is 75.5 Å². The summed E-state index contributed by atoms with van der Waals surface area (Å²) < 4.78 is 6.25. The van der Waals surface area contributed by atoms with Crippen LogP contribution in [0.5, 0.6) is 0 Å². The van der Waals surface area contributed by atoms with E-state index < -0.39 is 0 Å². The Morgan fingerprint density at radius 1 is 1.36 bits per heavy atom. The van der Waals surface area contributed by atoms with Crippen LogP contribution < -0.4 is 0 Å². The van der Waals surface area contributed by atoms with Crippen LogP contribution in [0, 0.1) is 6.92 Å². The molecule has 0 heterocycles. The minimum atomic E-state index is 0.515. The molecule has 0 spiro atoms. The molecule has 1 radical (unpaired) electrons. The van der Waals surface area contributed by atoms with E-state index in [9.17, 15) is 0 Å². The minimum Gasteiger partial charge on any atom is -0.377 e. The van der Waals surface area contributed by atoms with Gasteiger partial charge in [-0.15, -0.1) is 0 Å². The molecule has 0 saturated heterocycles. The second-order valence-electron chi connectivity index (χ2n) is 2.14. The Hall–Kier alpha value is -0.340. The van der Waals surface area contributed by atoms with Crippen LogP contribution in [0.3, 0.4) is 0 Å². The molecular formula is C9H10BrO. The SMILES string of the molecule is [CH2]COCc1ccccc1Br. The molecule has 0 aliphatic heterocycles. The Kier molecular flexibility index (Phi) is 3.60. The van der Waals surface area contributed by atoms with E-state index in [1.54, 1.807) is 0 Å². The van der Waals surface area contributed by atoms with Gasteiger partial charge >= 0.3 is 0 Å². The van der Waals surface area contributed by atoms with Gasteiger partial charge in [-0.2, -0.15) is 0 Å². The lowest BCUT2D eigenvalue weighted by Crippen LogP contribution is -1.92. The molecule has 11 heavy (non-hydrogen) atoms. The van der Waals surface area contributed by atoms with Gasteiger partial charge in [0.1, 0.15) is 0 Å². The molecule has 0 aromatic heterocycles. The van der Waals surface area contributed by atoms with Crippen molar-refractivity contribution in [3.8, 4) is 0 Å². The third-order valence-electron chi connectivity index (χ3n) is 1.36. The van der Waals surface area contributed by atoms with Crippen LogP contribution in [-0.4, -0.2) is 6.61 Å². The van der Waals surface area contributed by atoms with E-state index in [0.29, 0.717) is 13.2 Å². The van der Waals surface area contributed by atoms with Gasteiger partial charge in [0.25, 0.3) is 0 Å². The summed E-state index contributed by atoms with van der Waals surface area (Å²) in [4.78, 5) is 0. The number of hydrogen-bond donors (Lipinski definition) is 0. The van der Waals surface area contributed by atoms with Crippen LogP contribution in [0.1, 0.15) is 5.56 Å². The predicted octanol–water partition coefficient (Wildman–Crippen LogP) is 2.80. The fraction of sp³-hybridized carbons (Fsp3) is 0.222. The summed E-state index contributed by atoms with van der Waals surface area (Å²) in [5.41, 5.74) is 1.16. The first-order valence-corrected chi connectivity index (χ1v) is 4.24. The van der Waals surface area contributed by atoms with Crippen molar-refractivity contribution in [1.82, 2.24) is 0 Å². The van der Waals surface area contributed by atoms with Crippen LogP contribution in [0.15, 0.2) is 28.7 Å². The number of rotatable bonds is 3. The van der Waals surface area contributed by atoms with Crippen LogP contribution in [0.4, 0.5) is 0 Å². The second kappa shape index (κ2) is 4.52. The molecule has 1 aromatic rings. The van der Waals surface area contributed by atoms with E-state index >= 15 is 0 Å². The van der Waals surface area contributed by atoms with Crippen molar-refractivity contribution in [2.45, 2.75) is 6.61 Å². The molecule has 2 heteroatoms. The van der Waals surface area contributed by atoms with Gasteiger partial charge in [-0.1, -0.05) is 34.1 Å². The van der Waals surface area contributed by atoms with Gasteiger partial charge in [0.15, 0.2) is 0 Å². The smallest absolute Gasteiger partial charge is 0.0727 e. The van der Waals surface area contributed by atoms with Crippen molar-refractivity contribution in [2.24, 2.45) is 0 Å². The van der Waals surface area contributed by atoms with E-state index in [4.69, 9.17) is 4.74 Å². The highest BCUT2D eigenvalue weighted by Gasteiger charge is 1.95. The maximum absolute atomic E-state index is 5.16. The average molecular weight is 214 g/mol. The second-order valence-corrected chi connectivity index (χ2v) is 3.00. The van der Waals surface area contributed by atoms with Gasteiger partial charge in [-0.05, 0) is 18.6 Å². The van der Waals surface area contributed by atoms with Gasteiger partial charge in [-0.25, -0.2) is 0 Å². The lowest BCUT2D eigenvalue weighted by atomic mass is 10.2. The molecule has 0 bridgehead atoms. The number of ether oxygens (including phenoxy) is 1. The standard InChI is InChI=1S/C9H10BrO/c1-2-11-7-8-5-3-4-6-9(8)10/h3-6H,1-2,7H2. The molecule has 1 rings (SSSR count). The fourth-order valence-electron chi connectivity index (χ4n) is 0.798. The van der Waals surface area contributed by atoms with Gasteiger partial charge < -0.3 is 4.74 Å². The molecule has 0 atom stereocenters. The zero-order valence-corrected chi connectivity index (χ0v) is 7.80. The third kappa shape index (κ3) is 2.64. The van der Waals surface area contributed by atoms with Gasteiger partial charge in [-0.3, -0.25) is 0 Å². The fourth-order valence-corrected chi connectivity index (χ4v) is 1.20. The van der Waals surface area contributed by atoms with Gasteiger partial charge in [0.05, 0.1) is 6.61 Å². The first kappa shape index (κ1) is 8.75. The number of hydrogen-bond acceptors (Lipinski definition) is 1. The summed E-state index contributed by atoms with van der Waals surface area (Å²) in [6, 6.07) is 8.01. The highest BCUT2D eigenvalue weighted by molar-refractivity contribution is 9.10. The first-order chi connectivity index (χ1) is 5.34. The number of benzene rings is 1. The Morgan fingerprint density at radius 2 is 2.09 bits per heavy atom. The summed E-state index contributed by atoms with van der Waals surface area (Å²) in [6.45, 7) is 4.74. The summed E-state index contributed by atoms with van der Waals surface area (Å²) in [5.74, 6) is 0. The topological polar surface area (TPSA) is 9.23 Å². The molecule has 0 aliphatic carbocycles. The molecule has 0 fully saturated rings. The summed E-state index contributed by atoms with van der Waals surface area (Å²) in [5, 5.41) is 0. The van der Waals surface area contributed by atoms with E-state index in [2.05, 4.69) is 22.9 Å². The Bertz CT molecular complexity index is 223.